The van der Waals surface area contributed by atoms with Crippen molar-refractivity contribution < 1.29 is 34.2 Å². The Labute approximate surface area is 286 Å². The van der Waals surface area contributed by atoms with Crippen LogP contribution in [0.3, 0.4) is 0 Å². The van der Waals surface area contributed by atoms with Gasteiger partial charge in [-0.1, -0.05) is 48.5 Å². The molecule has 0 bridgehead atoms. The van der Waals surface area contributed by atoms with E-state index in [9.17, 15) is 34.2 Å². The summed E-state index contributed by atoms with van der Waals surface area (Å²) in [4.78, 5) is 71.0. The van der Waals surface area contributed by atoms with Gasteiger partial charge in [-0.3, -0.25) is 19.2 Å². The van der Waals surface area contributed by atoms with Crippen LogP contribution < -0.4 is 27.4 Å². The zero-order valence-electron chi connectivity index (χ0n) is 27.0. The first-order chi connectivity index (χ1) is 24.0. The van der Waals surface area contributed by atoms with Crippen molar-refractivity contribution in [2.75, 3.05) is 0 Å². The molecule has 2 aromatic heterocycles. The highest BCUT2D eigenvalue weighted by Gasteiger charge is 2.32. The van der Waals surface area contributed by atoms with Gasteiger partial charge in [-0.25, -0.2) is 4.79 Å². The SMILES string of the molecule is NC(=O)CCC(N)C(=O)NC(Cc1c[nH]c2ccccc12)C(=O)NC(Cc1c[nH]c2ccccc12)C(=O)NC(Cc1ccc(O)cc1)C(=O)O. The van der Waals surface area contributed by atoms with Crippen LogP contribution in [0.15, 0.2) is 85.2 Å². The summed E-state index contributed by atoms with van der Waals surface area (Å²) in [5.41, 5.74) is 14.8. The van der Waals surface area contributed by atoms with Crippen molar-refractivity contribution in [2.24, 2.45) is 11.5 Å². The molecule has 0 aliphatic carbocycles. The van der Waals surface area contributed by atoms with E-state index in [0.717, 1.165) is 21.8 Å². The number of nitrogens with one attached hydrogen (secondary N) is 5. The number of rotatable bonds is 16. The normalized spacial score (nSPS) is 13.6. The van der Waals surface area contributed by atoms with Crippen molar-refractivity contribution >= 4 is 51.4 Å². The molecule has 5 rings (SSSR count). The molecule has 4 unspecified atom stereocenters. The molecule has 5 aromatic rings. The molecule has 0 radical (unpaired) electrons. The van der Waals surface area contributed by atoms with Crippen molar-refractivity contribution in [1.82, 2.24) is 25.9 Å². The number of benzene rings is 3. The van der Waals surface area contributed by atoms with E-state index in [-0.39, 0.29) is 37.9 Å². The van der Waals surface area contributed by atoms with Crippen LogP contribution >= 0.6 is 0 Å². The lowest BCUT2D eigenvalue weighted by Gasteiger charge is -2.25. The number of hydrogen-bond acceptors (Lipinski definition) is 7. The second-order valence-electron chi connectivity index (χ2n) is 12.1. The summed E-state index contributed by atoms with van der Waals surface area (Å²) in [5, 5.41) is 29.3. The summed E-state index contributed by atoms with van der Waals surface area (Å²) in [6, 6.07) is 15.8. The fourth-order valence-electron chi connectivity index (χ4n) is 5.78. The summed E-state index contributed by atoms with van der Waals surface area (Å²) < 4.78 is 0. The molecular weight excluding hydrogens is 642 g/mol. The molecule has 3 aromatic carbocycles. The predicted octanol–water partition coefficient (Wildman–Crippen LogP) is 1.51. The summed E-state index contributed by atoms with van der Waals surface area (Å²) in [7, 11) is 0. The van der Waals surface area contributed by atoms with Gasteiger partial charge in [0.05, 0.1) is 6.04 Å². The summed E-state index contributed by atoms with van der Waals surface area (Å²) in [5.74, 6) is -4.07. The van der Waals surface area contributed by atoms with Crippen LogP contribution in [0.5, 0.6) is 5.75 Å². The van der Waals surface area contributed by atoms with E-state index in [4.69, 9.17) is 11.5 Å². The fraction of sp³-hybridized carbons (Fsp3) is 0.250. The number of aliphatic carboxylic acids is 1. The van der Waals surface area contributed by atoms with Crippen LogP contribution in [-0.2, 0) is 43.2 Å². The zero-order chi connectivity index (χ0) is 35.8. The van der Waals surface area contributed by atoms with Crippen LogP contribution in [0, 0.1) is 0 Å². The fourth-order valence-corrected chi connectivity index (χ4v) is 5.78. The standard InChI is InChI=1S/C36H39N7O7/c37-26(13-14-32(38)45)33(46)41-29(16-21-18-39-27-7-3-1-5-24(21)27)34(47)42-30(17-22-19-40-28-8-4-2-6-25(22)28)35(48)43-31(36(49)50)15-20-9-11-23(44)12-10-20/h1-12,18-19,26,29-31,39-40,44H,13-17,37H2,(H2,38,45)(H,41,46)(H,42,47)(H,43,48)(H,49,50). The highest BCUT2D eigenvalue weighted by Crippen LogP contribution is 2.21. The zero-order valence-corrected chi connectivity index (χ0v) is 27.0. The molecule has 0 fully saturated rings. The first kappa shape index (κ1) is 35.2. The van der Waals surface area contributed by atoms with Crippen LogP contribution in [-0.4, -0.2) is 73.9 Å². The number of carbonyl (C=O) groups excluding carboxylic acids is 4. The summed E-state index contributed by atoms with van der Waals surface area (Å²) in [6.07, 6.45) is 3.19. The number of nitrogens with two attached hydrogens (primary N) is 2. The van der Waals surface area contributed by atoms with E-state index in [1.807, 2.05) is 48.5 Å². The van der Waals surface area contributed by atoms with E-state index >= 15 is 0 Å². The number of phenolic OH excluding ortho intramolecular Hbond substituents is 1. The van der Waals surface area contributed by atoms with Crippen LogP contribution in [0.4, 0.5) is 0 Å². The van der Waals surface area contributed by atoms with Gasteiger partial charge in [-0.15, -0.1) is 0 Å². The summed E-state index contributed by atoms with van der Waals surface area (Å²) in [6.45, 7) is 0. The van der Waals surface area contributed by atoms with Crippen molar-refractivity contribution in [3.8, 4) is 5.75 Å². The maximum absolute atomic E-state index is 14.1. The van der Waals surface area contributed by atoms with Gasteiger partial charge >= 0.3 is 5.97 Å². The van der Waals surface area contributed by atoms with E-state index in [2.05, 4.69) is 25.9 Å². The molecule has 4 amide bonds. The first-order valence-corrected chi connectivity index (χ1v) is 16.0. The van der Waals surface area contributed by atoms with Gasteiger partial charge in [0.2, 0.25) is 23.6 Å². The second kappa shape index (κ2) is 15.8. The van der Waals surface area contributed by atoms with Crippen molar-refractivity contribution in [3.63, 3.8) is 0 Å². The third-order valence-corrected chi connectivity index (χ3v) is 8.49. The van der Waals surface area contributed by atoms with Gasteiger partial charge < -0.3 is 47.6 Å². The average molecular weight is 682 g/mol. The minimum absolute atomic E-state index is 0.00859. The number of fused-ring (bicyclic) bond motifs is 2. The Bertz CT molecular complexity index is 2000. The maximum atomic E-state index is 14.1. The van der Waals surface area contributed by atoms with Crippen LogP contribution in [0.2, 0.25) is 0 Å². The molecular formula is C36H39N7O7. The van der Waals surface area contributed by atoms with Crippen molar-refractivity contribution in [3.05, 3.63) is 102 Å². The summed E-state index contributed by atoms with van der Waals surface area (Å²) >= 11 is 0. The number of phenols is 1. The highest BCUT2D eigenvalue weighted by atomic mass is 16.4. The van der Waals surface area contributed by atoms with E-state index in [0.29, 0.717) is 16.7 Å². The average Bonchev–Trinajstić information content (AvgIpc) is 3.70. The number of carboxylic acid groups (broad SMARTS) is 1. The Morgan fingerprint density at radius 3 is 1.64 bits per heavy atom. The quantitative estimate of drug-likeness (QED) is 0.0737. The number of amides is 4. The third-order valence-electron chi connectivity index (χ3n) is 8.49. The molecule has 11 N–H and O–H groups in total. The lowest BCUT2D eigenvalue weighted by Crippen LogP contribution is -2.58. The predicted molar refractivity (Wildman–Crippen MR) is 186 cm³/mol. The number of aromatic hydroxyl groups is 1. The molecule has 2 heterocycles. The molecule has 260 valence electrons. The van der Waals surface area contributed by atoms with Crippen LogP contribution in [0.1, 0.15) is 29.5 Å². The number of primary amides is 1. The molecule has 4 atom stereocenters. The van der Waals surface area contributed by atoms with Gasteiger partial charge in [0.25, 0.3) is 0 Å². The van der Waals surface area contributed by atoms with Gasteiger partial charge in [0, 0.05) is 59.9 Å². The molecule has 0 spiro atoms. The number of aromatic nitrogens is 2. The number of hydrogen-bond donors (Lipinski definition) is 9. The van der Waals surface area contributed by atoms with Gasteiger partial charge in [0.1, 0.15) is 23.9 Å². The minimum Gasteiger partial charge on any atom is -0.508 e. The number of carboxylic acids is 1. The Morgan fingerprint density at radius 2 is 1.14 bits per heavy atom. The highest BCUT2D eigenvalue weighted by molar-refractivity contribution is 5.95. The second-order valence-corrected chi connectivity index (χ2v) is 12.1. The van der Waals surface area contributed by atoms with E-state index < -0.39 is 53.8 Å². The molecule has 50 heavy (non-hydrogen) atoms. The molecule has 14 nitrogen and oxygen atoms in total. The molecule has 14 heteroatoms. The monoisotopic (exact) mass is 681 g/mol. The van der Waals surface area contributed by atoms with Gasteiger partial charge in [-0.05, 0) is 47.4 Å². The van der Waals surface area contributed by atoms with Crippen molar-refractivity contribution in [2.45, 2.75) is 56.3 Å². The van der Waals surface area contributed by atoms with Gasteiger partial charge in [0.15, 0.2) is 0 Å². The smallest absolute Gasteiger partial charge is 0.326 e. The number of aromatic amines is 2. The Kier molecular flexibility index (Phi) is 11.1. The van der Waals surface area contributed by atoms with E-state index in [1.54, 1.807) is 24.5 Å². The first-order valence-electron chi connectivity index (χ1n) is 16.0. The lowest BCUT2D eigenvalue weighted by atomic mass is 10.0. The molecule has 0 saturated heterocycles. The Hall–Kier alpha value is -6.15. The van der Waals surface area contributed by atoms with E-state index in [1.165, 1.54) is 12.1 Å². The minimum atomic E-state index is -1.36. The van der Waals surface area contributed by atoms with Crippen molar-refractivity contribution in [1.29, 1.82) is 0 Å². The third kappa shape index (κ3) is 8.85. The number of H-pyrrole nitrogens is 2. The Balaban J connectivity index is 1.43. The maximum Gasteiger partial charge on any atom is 0.326 e. The Morgan fingerprint density at radius 1 is 0.660 bits per heavy atom. The number of carbonyl (C=O) groups is 5. The topological polar surface area (TPSA) is 246 Å². The van der Waals surface area contributed by atoms with Crippen LogP contribution in [0.25, 0.3) is 21.8 Å². The molecule has 0 aliphatic rings. The molecule has 0 saturated carbocycles. The molecule has 0 aliphatic heterocycles. The largest absolute Gasteiger partial charge is 0.508 e. The number of para-hydroxylation sites is 2. The van der Waals surface area contributed by atoms with Gasteiger partial charge in [-0.2, -0.15) is 0 Å². The lowest BCUT2D eigenvalue weighted by molar-refractivity contribution is -0.142.